The smallest absolute Gasteiger partial charge is 0.127 e. The number of piperidine rings is 1. The van der Waals surface area contributed by atoms with Crippen molar-refractivity contribution >= 4 is 22.6 Å². The maximum absolute atomic E-state index is 6.40. The molecule has 3 rings (SSSR count). The second-order valence-corrected chi connectivity index (χ2v) is 6.27. The van der Waals surface area contributed by atoms with Gasteiger partial charge in [-0.1, -0.05) is 31.5 Å². The number of nitrogens with one attached hydrogen (secondary N) is 1. The summed E-state index contributed by atoms with van der Waals surface area (Å²) in [6.45, 7) is 6.58. The van der Waals surface area contributed by atoms with Crippen molar-refractivity contribution in [1.82, 2.24) is 14.9 Å². The molecule has 1 aromatic heterocycles. The Morgan fingerprint density at radius 3 is 3.05 bits per heavy atom. The molecular weight excluding hydrogens is 270 g/mol. The van der Waals surface area contributed by atoms with E-state index < -0.39 is 0 Å². The fourth-order valence-electron chi connectivity index (χ4n) is 3.18. The van der Waals surface area contributed by atoms with Crippen LogP contribution in [0.4, 0.5) is 0 Å². The summed E-state index contributed by atoms with van der Waals surface area (Å²) in [6.07, 6.45) is 3.50. The van der Waals surface area contributed by atoms with E-state index in [1.807, 2.05) is 12.1 Å². The molecule has 20 heavy (non-hydrogen) atoms. The molecule has 0 radical (unpaired) electrons. The van der Waals surface area contributed by atoms with E-state index in [1.165, 1.54) is 6.42 Å². The van der Waals surface area contributed by atoms with Gasteiger partial charge in [-0.3, -0.25) is 0 Å². The van der Waals surface area contributed by atoms with Crippen LogP contribution in [0.5, 0.6) is 0 Å². The van der Waals surface area contributed by atoms with Gasteiger partial charge in [0.1, 0.15) is 5.82 Å². The van der Waals surface area contributed by atoms with Gasteiger partial charge in [-0.25, -0.2) is 4.98 Å². The molecule has 3 nitrogen and oxygen atoms in total. The number of aromatic nitrogens is 2. The van der Waals surface area contributed by atoms with E-state index in [4.69, 9.17) is 16.6 Å². The molecule has 1 aliphatic rings. The zero-order chi connectivity index (χ0) is 14.1. The quantitative estimate of drug-likeness (QED) is 0.920. The first-order valence-electron chi connectivity index (χ1n) is 7.58. The van der Waals surface area contributed by atoms with Gasteiger partial charge in [-0.05, 0) is 43.9 Å². The number of benzene rings is 1. The molecule has 0 spiro atoms. The fraction of sp³-hybridized carbons (Fsp3) is 0.562. The highest BCUT2D eigenvalue weighted by Gasteiger charge is 2.25. The van der Waals surface area contributed by atoms with E-state index in [1.54, 1.807) is 0 Å². The lowest BCUT2D eigenvalue weighted by molar-refractivity contribution is 0.310. The lowest BCUT2D eigenvalue weighted by Gasteiger charge is -2.28. The van der Waals surface area contributed by atoms with Gasteiger partial charge in [0, 0.05) is 6.54 Å². The second kappa shape index (κ2) is 5.74. The third-order valence-electron chi connectivity index (χ3n) is 4.17. The number of para-hydroxylation sites is 1. The number of aryl methyl sites for hydroxylation is 1. The van der Waals surface area contributed by atoms with Crippen LogP contribution in [0.1, 0.15) is 45.0 Å². The summed E-state index contributed by atoms with van der Waals surface area (Å²) >= 11 is 6.40. The molecule has 0 bridgehead atoms. The van der Waals surface area contributed by atoms with Crippen molar-refractivity contribution in [2.24, 2.45) is 5.92 Å². The molecule has 108 valence electrons. The van der Waals surface area contributed by atoms with Crippen molar-refractivity contribution in [2.75, 3.05) is 6.54 Å². The van der Waals surface area contributed by atoms with E-state index in [-0.39, 0.29) is 0 Å². The van der Waals surface area contributed by atoms with Crippen LogP contribution in [0.25, 0.3) is 11.0 Å². The lowest BCUT2D eigenvalue weighted by atomic mass is 9.94. The standard InChI is InChI=1S/C16H22ClN3/c1-3-9-20-15-12(17)5-4-6-13(15)19-16(20)14-10-11(2)7-8-18-14/h4-6,11,14,18H,3,7-10H2,1-2H3. The van der Waals surface area contributed by atoms with Crippen LogP contribution in [0.2, 0.25) is 5.02 Å². The Morgan fingerprint density at radius 1 is 1.45 bits per heavy atom. The van der Waals surface area contributed by atoms with E-state index >= 15 is 0 Å². The Balaban J connectivity index is 2.09. The van der Waals surface area contributed by atoms with Crippen LogP contribution in [0.3, 0.4) is 0 Å². The molecule has 1 saturated heterocycles. The Morgan fingerprint density at radius 2 is 2.30 bits per heavy atom. The van der Waals surface area contributed by atoms with Crippen LogP contribution in [0, 0.1) is 5.92 Å². The van der Waals surface area contributed by atoms with E-state index in [2.05, 4.69) is 29.8 Å². The summed E-state index contributed by atoms with van der Waals surface area (Å²) in [5.74, 6) is 1.91. The molecule has 1 aromatic carbocycles. The van der Waals surface area contributed by atoms with Gasteiger partial charge in [-0.2, -0.15) is 0 Å². The topological polar surface area (TPSA) is 29.9 Å². The van der Waals surface area contributed by atoms with Crippen molar-refractivity contribution in [3.63, 3.8) is 0 Å². The SMILES string of the molecule is CCCn1c(C2CC(C)CCN2)nc2cccc(Cl)c21. The van der Waals surface area contributed by atoms with Crippen LogP contribution < -0.4 is 5.32 Å². The first-order valence-corrected chi connectivity index (χ1v) is 7.96. The number of hydrogen-bond acceptors (Lipinski definition) is 2. The molecule has 1 fully saturated rings. The van der Waals surface area contributed by atoms with Gasteiger partial charge in [-0.15, -0.1) is 0 Å². The summed E-state index contributed by atoms with van der Waals surface area (Å²) in [5, 5.41) is 4.42. The number of nitrogens with zero attached hydrogens (tertiary/aromatic N) is 2. The molecule has 0 saturated carbocycles. The fourth-order valence-corrected chi connectivity index (χ4v) is 3.45. The lowest BCUT2D eigenvalue weighted by Crippen LogP contribution is -2.32. The number of halogens is 1. The normalized spacial score (nSPS) is 23.4. The second-order valence-electron chi connectivity index (χ2n) is 5.87. The minimum atomic E-state index is 0.355. The first kappa shape index (κ1) is 13.9. The Kier molecular flexibility index (Phi) is 3.99. The van der Waals surface area contributed by atoms with E-state index in [9.17, 15) is 0 Å². The molecule has 0 aliphatic carbocycles. The molecular formula is C16H22ClN3. The van der Waals surface area contributed by atoms with Crippen molar-refractivity contribution in [3.05, 3.63) is 29.0 Å². The summed E-state index contributed by atoms with van der Waals surface area (Å²) in [5.41, 5.74) is 2.10. The number of imidazole rings is 1. The number of fused-ring (bicyclic) bond motifs is 1. The van der Waals surface area contributed by atoms with Crippen molar-refractivity contribution in [2.45, 2.75) is 45.7 Å². The molecule has 2 atom stereocenters. The summed E-state index contributed by atoms with van der Waals surface area (Å²) in [4.78, 5) is 4.87. The monoisotopic (exact) mass is 291 g/mol. The van der Waals surface area contributed by atoms with Gasteiger partial charge < -0.3 is 9.88 Å². The third kappa shape index (κ3) is 2.45. The molecule has 2 aromatic rings. The maximum atomic E-state index is 6.40. The minimum Gasteiger partial charge on any atom is -0.325 e. The van der Waals surface area contributed by atoms with Crippen molar-refractivity contribution in [1.29, 1.82) is 0 Å². The van der Waals surface area contributed by atoms with Crippen LogP contribution >= 0.6 is 11.6 Å². The van der Waals surface area contributed by atoms with Gasteiger partial charge in [0.05, 0.1) is 22.1 Å². The zero-order valence-electron chi connectivity index (χ0n) is 12.2. The van der Waals surface area contributed by atoms with Gasteiger partial charge in [0.15, 0.2) is 0 Å². The third-order valence-corrected chi connectivity index (χ3v) is 4.48. The minimum absolute atomic E-state index is 0.355. The Labute approximate surface area is 125 Å². The van der Waals surface area contributed by atoms with Gasteiger partial charge in [0.25, 0.3) is 0 Å². The molecule has 0 amide bonds. The van der Waals surface area contributed by atoms with Crippen molar-refractivity contribution < 1.29 is 0 Å². The summed E-state index contributed by atoms with van der Waals surface area (Å²) < 4.78 is 2.31. The summed E-state index contributed by atoms with van der Waals surface area (Å²) in [6, 6.07) is 6.35. The molecule has 2 unspecified atom stereocenters. The van der Waals surface area contributed by atoms with Crippen LogP contribution in [0.15, 0.2) is 18.2 Å². The maximum Gasteiger partial charge on any atom is 0.127 e. The molecule has 1 aliphatic heterocycles. The van der Waals surface area contributed by atoms with Crippen LogP contribution in [-0.4, -0.2) is 16.1 Å². The number of rotatable bonds is 3. The predicted octanol–water partition coefficient (Wildman–Crippen LogP) is 4.16. The highest BCUT2D eigenvalue weighted by atomic mass is 35.5. The van der Waals surface area contributed by atoms with E-state index in [0.717, 1.165) is 53.7 Å². The van der Waals surface area contributed by atoms with Crippen molar-refractivity contribution in [3.8, 4) is 0 Å². The average molecular weight is 292 g/mol. The largest absolute Gasteiger partial charge is 0.325 e. The highest BCUT2D eigenvalue weighted by molar-refractivity contribution is 6.35. The summed E-state index contributed by atoms with van der Waals surface area (Å²) in [7, 11) is 0. The molecule has 4 heteroatoms. The molecule has 2 heterocycles. The van der Waals surface area contributed by atoms with Gasteiger partial charge in [0.2, 0.25) is 0 Å². The average Bonchev–Trinajstić information content (AvgIpc) is 2.80. The van der Waals surface area contributed by atoms with E-state index in [0.29, 0.717) is 6.04 Å². The highest BCUT2D eigenvalue weighted by Crippen LogP contribution is 2.31. The van der Waals surface area contributed by atoms with Crippen LogP contribution in [-0.2, 0) is 6.54 Å². The zero-order valence-corrected chi connectivity index (χ0v) is 13.0. The van der Waals surface area contributed by atoms with Gasteiger partial charge >= 0.3 is 0 Å². The molecule has 1 N–H and O–H groups in total. The number of hydrogen-bond donors (Lipinski definition) is 1. The Bertz CT molecular complexity index is 605. The Hall–Kier alpha value is -1.06. The first-order chi connectivity index (χ1) is 9.70. The predicted molar refractivity (Wildman–Crippen MR) is 84.2 cm³/mol.